The number of aromatic nitrogens is 2. The van der Waals surface area contributed by atoms with E-state index in [1.165, 1.54) is 12.1 Å². The van der Waals surface area contributed by atoms with Crippen LogP contribution in [0, 0.1) is 5.82 Å². The highest BCUT2D eigenvalue weighted by Crippen LogP contribution is 2.14. The van der Waals surface area contributed by atoms with E-state index in [0.717, 1.165) is 11.3 Å². The average Bonchev–Trinajstić information content (AvgIpc) is 2.97. The van der Waals surface area contributed by atoms with Gasteiger partial charge in [0.15, 0.2) is 0 Å². The van der Waals surface area contributed by atoms with E-state index < -0.39 is 5.82 Å². The summed E-state index contributed by atoms with van der Waals surface area (Å²) in [5.41, 5.74) is 1.90. The Morgan fingerprint density at radius 2 is 2.04 bits per heavy atom. The molecule has 0 aliphatic carbocycles. The quantitative estimate of drug-likeness (QED) is 0.801. The number of rotatable bonds is 4. The van der Waals surface area contributed by atoms with Crippen LogP contribution in [0.1, 0.15) is 12.6 Å². The molecule has 1 aromatic carbocycles. The van der Waals surface area contributed by atoms with Gasteiger partial charge in [0.2, 0.25) is 0 Å². The summed E-state index contributed by atoms with van der Waals surface area (Å²) in [6.45, 7) is 2.77. The highest BCUT2D eigenvalue weighted by Gasteiger charge is 2.15. The zero-order chi connectivity index (χ0) is 16.2. The molecule has 5 nitrogen and oxygen atoms in total. The molecule has 0 atom stereocenters. The molecule has 0 radical (unpaired) electrons. The average molecular weight is 312 g/mol. The number of nitrogens with zero attached hydrogens (tertiary/aromatic N) is 3. The van der Waals surface area contributed by atoms with E-state index in [0.29, 0.717) is 13.1 Å². The Bertz CT molecular complexity index is 830. The molecule has 2 amide bonds. The van der Waals surface area contributed by atoms with Crippen LogP contribution in [0.4, 0.5) is 14.9 Å². The maximum atomic E-state index is 13.7. The van der Waals surface area contributed by atoms with Crippen molar-refractivity contribution in [3.8, 4) is 0 Å². The molecule has 0 unspecified atom stereocenters. The van der Waals surface area contributed by atoms with Gasteiger partial charge in [-0.2, -0.15) is 0 Å². The highest BCUT2D eigenvalue weighted by atomic mass is 19.1. The first-order valence-electron chi connectivity index (χ1n) is 7.40. The second kappa shape index (κ2) is 6.48. The molecule has 1 N–H and O–H groups in total. The summed E-state index contributed by atoms with van der Waals surface area (Å²) >= 11 is 0. The van der Waals surface area contributed by atoms with E-state index in [1.807, 2.05) is 35.7 Å². The van der Waals surface area contributed by atoms with Crippen molar-refractivity contribution >= 4 is 17.4 Å². The molecule has 3 rings (SSSR count). The van der Waals surface area contributed by atoms with Crippen molar-refractivity contribution in [2.75, 3.05) is 11.9 Å². The van der Waals surface area contributed by atoms with Gasteiger partial charge in [-0.1, -0.05) is 18.2 Å². The molecule has 0 aliphatic heterocycles. The van der Waals surface area contributed by atoms with Crippen LogP contribution in [-0.4, -0.2) is 26.9 Å². The number of carbonyl (C=O) groups excluding carboxylic acids is 1. The molecule has 0 saturated heterocycles. The minimum absolute atomic E-state index is 0.175. The summed E-state index contributed by atoms with van der Waals surface area (Å²) in [5, 5.41) is 2.60. The third-order valence-corrected chi connectivity index (χ3v) is 3.63. The van der Waals surface area contributed by atoms with Gasteiger partial charge in [0, 0.05) is 12.7 Å². The van der Waals surface area contributed by atoms with Crippen LogP contribution in [0.15, 0.2) is 54.9 Å². The van der Waals surface area contributed by atoms with Crippen molar-refractivity contribution in [3.63, 3.8) is 0 Å². The summed E-state index contributed by atoms with van der Waals surface area (Å²) < 4.78 is 15.6. The monoisotopic (exact) mass is 312 g/mol. The fraction of sp³-hybridized carbons (Fsp3) is 0.176. The number of carbonyl (C=O) groups is 1. The second-order valence-electron chi connectivity index (χ2n) is 5.10. The number of amides is 2. The first-order valence-corrected chi connectivity index (χ1v) is 7.40. The number of hydrogen-bond donors (Lipinski definition) is 1. The molecular weight excluding hydrogens is 295 g/mol. The molecule has 2 heterocycles. The Balaban J connectivity index is 1.77. The molecule has 23 heavy (non-hydrogen) atoms. The zero-order valence-electron chi connectivity index (χ0n) is 12.7. The fourth-order valence-electron chi connectivity index (χ4n) is 2.38. The van der Waals surface area contributed by atoms with Crippen LogP contribution in [0.3, 0.4) is 0 Å². The van der Waals surface area contributed by atoms with E-state index in [1.54, 1.807) is 23.2 Å². The number of halogens is 1. The molecule has 3 aromatic rings. The van der Waals surface area contributed by atoms with Gasteiger partial charge in [-0.15, -0.1) is 0 Å². The third kappa shape index (κ3) is 3.15. The third-order valence-electron chi connectivity index (χ3n) is 3.63. The summed E-state index contributed by atoms with van der Waals surface area (Å²) in [7, 11) is 0. The predicted octanol–water partition coefficient (Wildman–Crippen LogP) is 3.53. The van der Waals surface area contributed by atoms with Gasteiger partial charge in [0.25, 0.3) is 0 Å². The maximum absolute atomic E-state index is 13.7. The number of imidazole rings is 1. The lowest BCUT2D eigenvalue weighted by Gasteiger charge is -2.21. The molecule has 118 valence electrons. The molecule has 0 fully saturated rings. The molecule has 6 heteroatoms. The van der Waals surface area contributed by atoms with E-state index >= 15 is 0 Å². The molecule has 0 spiro atoms. The lowest BCUT2D eigenvalue weighted by molar-refractivity contribution is 0.211. The Labute approximate surface area is 133 Å². The number of benzene rings is 1. The largest absolute Gasteiger partial charge is 0.322 e. The Hall–Kier alpha value is -2.89. The standard InChI is InChI=1S/C17H17FN4O/c1-2-21(17(23)20-15-8-4-3-7-14(15)18)12-13-11-19-16-9-5-6-10-22(13)16/h3-11H,2,12H2,1H3,(H,20,23). The van der Waals surface area contributed by atoms with Gasteiger partial charge >= 0.3 is 6.03 Å². The van der Waals surface area contributed by atoms with Gasteiger partial charge in [-0.25, -0.2) is 14.2 Å². The number of pyridine rings is 1. The van der Waals surface area contributed by atoms with Crippen molar-refractivity contribution in [1.29, 1.82) is 0 Å². The fourth-order valence-corrected chi connectivity index (χ4v) is 2.38. The number of anilines is 1. The van der Waals surface area contributed by atoms with E-state index in [9.17, 15) is 9.18 Å². The topological polar surface area (TPSA) is 49.6 Å². The van der Waals surface area contributed by atoms with Crippen molar-refractivity contribution in [3.05, 3.63) is 66.4 Å². The van der Waals surface area contributed by atoms with Crippen molar-refractivity contribution in [2.45, 2.75) is 13.5 Å². The van der Waals surface area contributed by atoms with Gasteiger partial charge in [0.05, 0.1) is 24.1 Å². The normalized spacial score (nSPS) is 10.7. The van der Waals surface area contributed by atoms with Crippen molar-refractivity contribution in [1.82, 2.24) is 14.3 Å². The predicted molar refractivity (Wildman–Crippen MR) is 86.7 cm³/mol. The molecule has 0 bridgehead atoms. The summed E-state index contributed by atoms with van der Waals surface area (Å²) in [6, 6.07) is 11.5. The van der Waals surface area contributed by atoms with Gasteiger partial charge in [-0.05, 0) is 31.2 Å². The second-order valence-corrected chi connectivity index (χ2v) is 5.10. The van der Waals surface area contributed by atoms with E-state index in [4.69, 9.17) is 0 Å². The van der Waals surface area contributed by atoms with Gasteiger partial charge in [0.1, 0.15) is 11.5 Å². The smallest absolute Gasteiger partial charge is 0.319 e. The zero-order valence-corrected chi connectivity index (χ0v) is 12.7. The number of fused-ring (bicyclic) bond motifs is 1. The van der Waals surface area contributed by atoms with Crippen LogP contribution in [0.5, 0.6) is 0 Å². The van der Waals surface area contributed by atoms with Crippen LogP contribution >= 0.6 is 0 Å². The minimum Gasteiger partial charge on any atom is -0.319 e. The highest BCUT2D eigenvalue weighted by molar-refractivity contribution is 5.89. The van der Waals surface area contributed by atoms with Crippen LogP contribution < -0.4 is 5.32 Å². The SMILES string of the molecule is CCN(Cc1cnc2ccccn12)C(=O)Nc1ccccc1F. The number of nitrogens with one attached hydrogen (secondary N) is 1. The molecule has 0 saturated carbocycles. The Morgan fingerprint density at radius 3 is 2.83 bits per heavy atom. The molecule has 0 aliphatic rings. The lowest BCUT2D eigenvalue weighted by atomic mass is 10.3. The Kier molecular flexibility index (Phi) is 4.23. The summed E-state index contributed by atoms with van der Waals surface area (Å²) in [6.07, 6.45) is 3.65. The first-order chi connectivity index (χ1) is 11.2. The number of urea groups is 1. The number of hydrogen-bond acceptors (Lipinski definition) is 2. The van der Waals surface area contributed by atoms with Crippen LogP contribution in [0.25, 0.3) is 5.65 Å². The van der Waals surface area contributed by atoms with Crippen molar-refractivity contribution in [2.24, 2.45) is 0 Å². The first kappa shape index (κ1) is 15.0. The van der Waals surface area contributed by atoms with Crippen LogP contribution in [0.2, 0.25) is 0 Å². The molecular formula is C17H17FN4O. The van der Waals surface area contributed by atoms with E-state index in [2.05, 4.69) is 10.3 Å². The summed E-state index contributed by atoms with van der Waals surface area (Å²) in [5.74, 6) is -0.452. The molecule has 2 aromatic heterocycles. The minimum atomic E-state index is -0.452. The van der Waals surface area contributed by atoms with Gasteiger partial charge in [-0.3, -0.25) is 0 Å². The number of para-hydroxylation sites is 1. The maximum Gasteiger partial charge on any atom is 0.322 e. The summed E-state index contributed by atoms with van der Waals surface area (Å²) in [4.78, 5) is 18.3. The Morgan fingerprint density at radius 1 is 1.26 bits per heavy atom. The lowest BCUT2D eigenvalue weighted by Crippen LogP contribution is -2.34. The van der Waals surface area contributed by atoms with Crippen LogP contribution in [-0.2, 0) is 6.54 Å². The van der Waals surface area contributed by atoms with Gasteiger partial charge < -0.3 is 14.6 Å². The van der Waals surface area contributed by atoms with E-state index in [-0.39, 0.29) is 11.7 Å². The van der Waals surface area contributed by atoms with Crippen molar-refractivity contribution < 1.29 is 9.18 Å².